The molecule has 0 amide bonds. The second-order valence-corrected chi connectivity index (χ2v) is 10.6. The number of hydrogen-bond acceptors (Lipinski definition) is 3. The molecular formula is C29H27O3P. The Hall–Kier alpha value is -3.55. The summed E-state index contributed by atoms with van der Waals surface area (Å²) in [4.78, 5) is 0. The zero-order chi connectivity index (χ0) is 23.1. The molecule has 0 fully saturated rings. The second-order valence-electron chi connectivity index (χ2n) is 7.69. The summed E-state index contributed by atoms with van der Waals surface area (Å²) in [6.45, 7) is 0. The molecule has 0 aliphatic carbocycles. The Kier molecular flexibility index (Phi) is 7.12. The van der Waals surface area contributed by atoms with Crippen LogP contribution in [0.15, 0.2) is 115 Å². The topological polar surface area (TPSA) is 35.5 Å². The highest BCUT2D eigenvalue weighted by atomic mass is 31.2. The Balaban J connectivity index is 1.92. The van der Waals surface area contributed by atoms with Crippen LogP contribution in [0.1, 0.15) is 16.8 Å². The van der Waals surface area contributed by atoms with Gasteiger partial charge in [-0.3, -0.25) is 0 Å². The molecule has 0 saturated heterocycles. The summed E-state index contributed by atoms with van der Waals surface area (Å²) in [5.41, 5.74) is 1.53. The molecule has 0 aromatic heterocycles. The van der Waals surface area contributed by atoms with Gasteiger partial charge in [0.15, 0.2) is 7.14 Å². The van der Waals surface area contributed by atoms with Crippen molar-refractivity contribution in [2.24, 2.45) is 0 Å². The van der Waals surface area contributed by atoms with Gasteiger partial charge in [0.25, 0.3) is 0 Å². The fourth-order valence-corrected chi connectivity index (χ4v) is 7.06. The third-order valence-electron chi connectivity index (χ3n) is 5.67. The zero-order valence-corrected chi connectivity index (χ0v) is 19.7. The minimum atomic E-state index is -3.12. The highest BCUT2D eigenvalue weighted by Crippen LogP contribution is 2.58. The molecule has 1 unspecified atom stereocenters. The minimum absolute atomic E-state index is 0.386. The average Bonchev–Trinajstić information content (AvgIpc) is 2.90. The first kappa shape index (κ1) is 22.6. The van der Waals surface area contributed by atoms with Crippen molar-refractivity contribution in [2.45, 2.75) is 5.66 Å². The van der Waals surface area contributed by atoms with E-state index in [0.717, 1.165) is 33.2 Å². The second kappa shape index (κ2) is 10.4. The van der Waals surface area contributed by atoms with Gasteiger partial charge in [-0.15, -0.1) is 0 Å². The van der Waals surface area contributed by atoms with Crippen molar-refractivity contribution in [3.05, 3.63) is 126 Å². The first-order valence-corrected chi connectivity index (χ1v) is 12.6. The van der Waals surface area contributed by atoms with Crippen LogP contribution < -0.4 is 20.1 Å². The van der Waals surface area contributed by atoms with Crippen LogP contribution in [0.3, 0.4) is 0 Å². The molecule has 0 radical (unpaired) electrons. The van der Waals surface area contributed by atoms with E-state index < -0.39 is 7.14 Å². The van der Waals surface area contributed by atoms with Crippen molar-refractivity contribution >= 4 is 23.8 Å². The Labute approximate surface area is 195 Å². The van der Waals surface area contributed by atoms with Crippen molar-refractivity contribution in [3.63, 3.8) is 0 Å². The van der Waals surface area contributed by atoms with E-state index in [9.17, 15) is 0 Å². The Morgan fingerprint density at radius 2 is 1.21 bits per heavy atom. The van der Waals surface area contributed by atoms with Gasteiger partial charge in [-0.25, -0.2) is 0 Å². The van der Waals surface area contributed by atoms with Crippen molar-refractivity contribution in [3.8, 4) is 11.5 Å². The molecule has 4 rings (SSSR count). The van der Waals surface area contributed by atoms with E-state index in [1.165, 1.54) is 0 Å². The van der Waals surface area contributed by atoms with Crippen LogP contribution in [0, 0.1) is 0 Å². The van der Waals surface area contributed by atoms with Crippen molar-refractivity contribution < 1.29 is 14.0 Å². The van der Waals surface area contributed by atoms with Crippen LogP contribution in [-0.2, 0) is 4.57 Å². The van der Waals surface area contributed by atoms with Crippen molar-refractivity contribution in [1.82, 2.24) is 0 Å². The molecule has 3 nitrogen and oxygen atoms in total. The molecular weight excluding hydrogens is 427 g/mol. The smallest absolute Gasteiger partial charge is 0.153 e. The maximum Gasteiger partial charge on any atom is 0.153 e. The summed E-state index contributed by atoms with van der Waals surface area (Å²) in [5, 5.41) is 1.64. The van der Waals surface area contributed by atoms with Crippen LogP contribution in [-0.4, -0.2) is 14.2 Å². The number of ether oxygens (including phenoxy) is 2. The minimum Gasteiger partial charge on any atom is -0.497 e. The summed E-state index contributed by atoms with van der Waals surface area (Å²) < 4.78 is 26.0. The van der Waals surface area contributed by atoms with E-state index in [1.807, 2.05) is 121 Å². The summed E-state index contributed by atoms with van der Waals surface area (Å²) >= 11 is 0. The average molecular weight is 455 g/mol. The molecule has 4 aromatic rings. The quantitative estimate of drug-likeness (QED) is 0.286. The van der Waals surface area contributed by atoms with Crippen LogP contribution in [0.5, 0.6) is 11.5 Å². The summed E-state index contributed by atoms with van der Waals surface area (Å²) in [6, 6.07) is 35.2. The molecule has 0 N–H and O–H groups in total. The number of hydrogen-bond donors (Lipinski definition) is 0. The molecule has 0 bridgehead atoms. The van der Waals surface area contributed by atoms with Crippen molar-refractivity contribution in [1.29, 1.82) is 0 Å². The van der Waals surface area contributed by atoms with Gasteiger partial charge in [-0.1, -0.05) is 97.1 Å². The molecule has 0 saturated carbocycles. The van der Waals surface area contributed by atoms with Gasteiger partial charge >= 0.3 is 0 Å². The third kappa shape index (κ3) is 4.94. The number of allylic oxidation sites excluding steroid dienone is 1. The Morgan fingerprint density at radius 1 is 0.667 bits per heavy atom. The lowest BCUT2D eigenvalue weighted by molar-refractivity contribution is 0.414. The van der Waals surface area contributed by atoms with E-state index in [1.54, 1.807) is 14.2 Å². The number of benzene rings is 4. The van der Waals surface area contributed by atoms with E-state index in [-0.39, 0.29) is 5.66 Å². The maximum absolute atomic E-state index is 15.1. The predicted octanol–water partition coefficient (Wildman–Crippen LogP) is 6.47. The molecule has 166 valence electrons. The summed E-state index contributed by atoms with van der Waals surface area (Å²) in [5.74, 6) is 1.52. The Bertz CT molecular complexity index is 1220. The lowest BCUT2D eigenvalue weighted by Gasteiger charge is -2.27. The van der Waals surface area contributed by atoms with Gasteiger partial charge in [0, 0.05) is 10.6 Å². The fraction of sp³-hybridized carbons (Fsp3) is 0.103. The molecule has 0 heterocycles. The highest BCUT2D eigenvalue weighted by molar-refractivity contribution is 7.79. The predicted molar refractivity (Wildman–Crippen MR) is 138 cm³/mol. The van der Waals surface area contributed by atoms with Crippen LogP contribution in [0.2, 0.25) is 0 Å². The van der Waals surface area contributed by atoms with Gasteiger partial charge < -0.3 is 14.0 Å². The van der Waals surface area contributed by atoms with Gasteiger partial charge in [0.1, 0.15) is 11.5 Å². The first-order chi connectivity index (χ1) is 16.1. The molecule has 33 heavy (non-hydrogen) atoms. The van der Waals surface area contributed by atoms with Gasteiger partial charge in [-0.05, 0) is 35.4 Å². The zero-order valence-electron chi connectivity index (χ0n) is 18.8. The highest BCUT2D eigenvalue weighted by Gasteiger charge is 2.36. The number of rotatable bonds is 8. The van der Waals surface area contributed by atoms with Crippen molar-refractivity contribution in [2.75, 3.05) is 14.2 Å². The van der Waals surface area contributed by atoms with Gasteiger partial charge in [-0.2, -0.15) is 0 Å². The molecule has 4 aromatic carbocycles. The fourth-order valence-electron chi connectivity index (χ4n) is 3.98. The molecule has 0 aliphatic rings. The molecule has 4 heteroatoms. The maximum atomic E-state index is 15.1. The monoisotopic (exact) mass is 454 g/mol. The lowest BCUT2D eigenvalue weighted by Crippen LogP contribution is -2.20. The lowest BCUT2D eigenvalue weighted by atomic mass is 10.1. The molecule has 0 spiro atoms. The molecule has 0 aliphatic heterocycles. The van der Waals surface area contributed by atoms with Crippen LogP contribution in [0.4, 0.5) is 0 Å². The van der Waals surface area contributed by atoms with Gasteiger partial charge in [0.05, 0.1) is 19.9 Å². The first-order valence-electron chi connectivity index (χ1n) is 10.8. The largest absolute Gasteiger partial charge is 0.497 e. The third-order valence-corrected chi connectivity index (χ3v) is 9.06. The molecule has 1 atom stereocenters. The normalized spacial score (nSPS) is 12.4. The van der Waals surface area contributed by atoms with Gasteiger partial charge in [0.2, 0.25) is 0 Å². The van der Waals surface area contributed by atoms with E-state index >= 15 is 4.57 Å². The van der Waals surface area contributed by atoms with E-state index in [0.29, 0.717) is 0 Å². The Morgan fingerprint density at radius 3 is 1.79 bits per heavy atom. The van der Waals surface area contributed by atoms with E-state index in [4.69, 9.17) is 9.47 Å². The number of methoxy groups -OCH3 is 2. The van der Waals surface area contributed by atoms with Crippen LogP contribution >= 0.6 is 7.14 Å². The summed E-state index contributed by atoms with van der Waals surface area (Å²) in [6.07, 6.45) is 4.06. The van der Waals surface area contributed by atoms with Crippen LogP contribution in [0.25, 0.3) is 6.08 Å². The van der Waals surface area contributed by atoms with E-state index in [2.05, 4.69) is 0 Å². The summed E-state index contributed by atoms with van der Waals surface area (Å²) in [7, 11) is 0.185. The standard InChI is InChI=1S/C29H27O3P/c1-31-25-13-9-11-23(21-25)19-20-29(24-12-10-14-26(22-24)32-2)33(30,27-15-5-3-6-16-27)28-17-7-4-8-18-28/h3-22,29H,1-2H3. The SMILES string of the molecule is COc1cccc(C=CC(c2cccc(OC)c2)P(=O)(c2ccccc2)c2ccccc2)c1.